The summed E-state index contributed by atoms with van der Waals surface area (Å²) in [6, 6.07) is 17.2. The Hall–Kier alpha value is -1.67. The zero-order chi connectivity index (χ0) is 24.1. The molecule has 4 rings (SSSR count). The molecule has 2 aliphatic heterocycles. The molecule has 2 saturated heterocycles. The Morgan fingerprint density at radius 2 is 1.52 bits per heavy atom. The Kier molecular flexibility index (Phi) is 6.32. The maximum atomic E-state index is 13.7. The van der Waals surface area contributed by atoms with Crippen molar-refractivity contribution in [3.05, 3.63) is 65.7 Å². The first-order valence-electron chi connectivity index (χ1n) is 11.8. The van der Waals surface area contributed by atoms with Gasteiger partial charge in [-0.1, -0.05) is 55.0 Å². The molecule has 0 saturated carbocycles. The summed E-state index contributed by atoms with van der Waals surface area (Å²) in [5.74, 6) is 0. The second kappa shape index (κ2) is 8.53. The van der Waals surface area contributed by atoms with Crippen molar-refractivity contribution in [1.82, 2.24) is 4.31 Å². The fourth-order valence-corrected chi connectivity index (χ4v) is 6.80. The Labute approximate surface area is 199 Å². The van der Waals surface area contributed by atoms with Gasteiger partial charge in [0.15, 0.2) is 0 Å². The van der Waals surface area contributed by atoms with Crippen molar-refractivity contribution in [1.29, 1.82) is 0 Å². The van der Waals surface area contributed by atoms with E-state index in [0.29, 0.717) is 24.2 Å². The first-order valence-corrected chi connectivity index (χ1v) is 13.2. The van der Waals surface area contributed by atoms with Crippen molar-refractivity contribution in [2.45, 2.75) is 82.8 Å². The van der Waals surface area contributed by atoms with Crippen LogP contribution in [0.2, 0.25) is 6.32 Å². The predicted octanol–water partition coefficient (Wildman–Crippen LogP) is 5.10. The van der Waals surface area contributed by atoms with Crippen LogP contribution >= 0.6 is 0 Å². The van der Waals surface area contributed by atoms with Crippen LogP contribution in [0.5, 0.6) is 0 Å². The molecule has 33 heavy (non-hydrogen) atoms. The molecule has 0 spiro atoms. The molecule has 0 aromatic heterocycles. The standard InChI is InChI=1S/C26H36BNO4S/c1-20-12-14-23(15-13-20)33(29,30)28-19-26(6,17-22(28)16-21-10-8-7-9-11-21)18-27-31-24(2,3)25(4,5)32-27/h7-15,22H,16-19H2,1-6H3. The summed E-state index contributed by atoms with van der Waals surface area (Å²) >= 11 is 0. The molecule has 0 amide bonds. The minimum Gasteiger partial charge on any atom is -0.403 e. The average Bonchev–Trinajstić information content (AvgIpc) is 3.14. The van der Waals surface area contributed by atoms with Crippen molar-refractivity contribution in [2.75, 3.05) is 6.54 Å². The van der Waals surface area contributed by atoms with E-state index in [9.17, 15) is 8.42 Å². The third-order valence-electron chi connectivity index (χ3n) is 7.58. The molecule has 2 aromatic rings. The Morgan fingerprint density at radius 1 is 0.939 bits per heavy atom. The lowest BCUT2D eigenvalue weighted by molar-refractivity contribution is 0.00578. The van der Waals surface area contributed by atoms with Gasteiger partial charge in [0, 0.05) is 12.6 Å². The van der Waals surface area contributed by atoms with E-state index in [4.69, 9.17) is 9.31 Å². The smallest absolute Gasteiger partial charge is 0.403 e. The highest BCUT2D eigenvalue weighted by Crippen LogP contribution is 2.46. The normalized spacial score (nSPS) is 27.2. The molecule has 2 heterocycles. The summed E-state index contributed by atoms with van der Waals surface area (Å²) in [5.41, 5.74) is 1.14. The van der Waals surface area contributed by atoms with Crippen molar-refractivity contribution in [3.63, 3.8) is 0 Å². The van der Waals surface area contributed by atoms with E-state index in [0.717, 1.165) is 17.5 Å². The Morgan fingerprint density at radius 3 is 2.09 bits per heavy atom. The number of nitrogens with zero attached hydrogens (tertiary/aromatic N) is 1. The van der Waals surface area contributed by atoms with Gasteiger partial charge in [0.25, 0.3) is 0 Å². The van der Waals surface area contributed by atoms with Crippen molar-refractivity contribution in [2.24, 2.45) is 5.41 Å². The van der Waals surface area contributed by atoms with Crippen LogP contribution in [-0.4, -0.2) is 43.6 Å². The molecule has 2 fully saturated rings. The van der Waals surface area contributed by atoms with Crippen molar-refractivity contribution < 1.29 is 17.7 Å². The van der Waals surface area contributed by atoms with Crippen LogP contribution < -0.4 is 0 Å². The van der Waals surface area contributed by atoms with Gasteiger partial charge in [0.05, 0.1) is 16.1 Å². The van der Waals surface area contributed by atoms with Gasteiger partial charge >= 0.3 is 7.12 Å². The molecule has 0 aliphatic carbocycles. The van der Waals surface area contributed by atoms with Crippen LogP contribution in [0.1, 0.15) is 52.2 Å². The highest BCUT2D eigenvalue weighted by atomic mass is 32.2. The predicted molar refractivity (Wildman–Crippen MR) is 133 cm³/mol. The molecule has 0 radical (unpaired) electrons. The summed E-state index contributed by atoms with van der Waals surface area (Å²) in [4.78, 5) is 0.353. The number of hydrogen-bond donors (Lipinski definition) is 0. The quantitative estimate of drug-likeness (QED) is 0.553. The molecule has 7 heteroatoms. The van der Waals surface area contributed by atoms with Crippen LogP contribution in [0, 0.1) is 12.3 Å². The van der Waals surface area contributed by atoms with E-state index in [1.54, 1.807) is 16.4 Å². The molecule has 5 nitrogen and oxygen atoms in total. The molecule has 0 bridgehead atoms. The summed E-state index contributed by atoms with van der Waals surface area (Å²) in [6.07, 6.45) is 2.10. The Balaban J connectivity index is 1.62. The van der Waals surface area contributed by atoms with Gasteiger partial charge in [0.2, 0.25) is 10.0 Å². The highest BCUT2D eigenvalue weighted by molar-refractivity contribution is 7.89. The molecule has 2 aliphatic rings. The zero-order valence-electron chi connectivity index (χ0n) is 20.7. The van der Waals surface area contributed by atoms with Crippen molar-refractivity contribution in [3.8, 4) is 0 Å². The van der Waals surface area contributed by atoms with E-state index in [-0.39, 0.29) is 18.6 Å². The lowest BCUT2D eigenvalue weighted by Gasteiger charge is -2.32. The highest BCUT2D eigenvalue weighted by Gasteiger charge is 2.55. The van der Waals surface area contributed by atoms with Gasteiger partial charge in [-0.25, -0.2) is 8.42 Å². The largest absolute Gasteiger partial charge is 0.458 e. The van der Waals surface area contributed by atoms with Crippen LogP contribution in [0.25, 0.3) is 0 Å². The number of aryl methyl sites for hydroxylation is 1. The van der Waals surface area contributed by atoms with Gasteiger partial charge < -0.3 is 9.31 Å². The fourth-order valence-electron chi connectivity index (χ4n) is 5.03. The fraction of sp³-hybridized carbons (Fsp3) is 0.538. The summed E-state index contributed by atoms with van der Waals surface area (Å²) in [5, 5.41) is 0. The average molecular weight is 469 g/mol. The maximum absolute atomic E-state index is 13.7. The lowest BCUT2D eigenvalue weighted by Crippen LogP contribution is -2.41. The number of sulfonamides is 1. The number of benzene rings is 2. The first-order chi connectivity index (χ1) is 15.3. The molecule has 2 aromatic carbocycles. The lowest BCUT2D eigenvalue weighted by atomic mass is 9.67. The van der Waals surface area contributed by atoms with Gasteiger partial charge in [0.1, 0.15) is 0 Å². The summed E-state index contributed by atoms with van der Waals surface area (Å²) < 4.78 is 41.7. The van der Waals surface area contributed by atoms with Crippen molar-refractivity contribution >= 4 is 17.1 Å². The first kappa shape index (κ1) is 24.5. The summed E-state index contributed by atoms with van der Waals surface area (Å²) in [7, 11) is -3.97. The van der Waals surface area contributed by atoms with E-state index >= 15 is 0 Å². The van der Waals surface area contributed by atoms with E-state index in [1.807, 2.05) is 37.3 Å². The van der Waals surface area contributed by atoms with Gasteiger partial charge in [-0.2, -0.15) is 4.31 Å². The van der Waals surface area contributed by atoms with Crippen LogP contribution in [0.3, 0.4) is 0 Å². The van der Waals surface area contributed by atoms with E-state index in [1.165, 1.54) is 0 Å². The molecule has 2 atom stereocenters. The second-order valence-electron chi connectivity index (χ2n) is 11.1. The third kappa shape index (κ3) is 4.92. The van der Waals surface area contributed by atoms with Crippen LogP contribution in [0.15, 0.2) is 59.5 Å². The van der Waals surface area contributed by atoms with Crippen LogP contribution in [0.4, 0.5) is 0 Å². The van der Waals surface area contributed by atoms with Gasteiger partial charge in [-0.3, -0.25) is 0 Å². The summed E-state index contributed by atoms with van der Waals surface area (Å²) in [6.45, 7) is 12.8. The zero-order valence-corrected chi connectivity index (χ0v) is 21.5. The molecule has 178 valence electrons. The number of rotatable bonds is 6. The second-order valence-corrected chi connectivity index (χ2v) is 13.0. The van der Waals surface area contributed by atoms with E-state index in [2.05, 4.69) is 46.8 Å². The Bertz CT molecular complexity index is 1070. The minimum atomic E-state index is -3.62. The maximum Gasteiger partial charge on any atom is 0.458 e. The van der Waals surface area contributed by atoms with Gasteiger partial charge in [-0.15, -0.1) is 0 Å². The molecule has 0 N–H and O–H groups in total. The monoisotopic (exact) mass is 469 g/mol. The SMILES string of the molecule is Cc1ccc(S(=O)(=O)N2CC(C)(CB3OC(C)(C)C(C)(C)O3)CC2Cc2ccccc2)cc1. The van der Waals surface area contributed by atoms with Gasteiger partial charge in [-0.05, 0) is 76.9 Å². The van der Waals surface area contributed by atoms with Crippen LogP contribution in [-0.2, 0) is 25.8 Å². The third-order valence-corrected chi connectivity index (χ3v) is 9.49. The molecular weight excluding hydrogens is 433 g/mol. The number of hydrogen-bond acceptors (Lipinski definition) is 4. The molecule has 2 unspecified atom stereocenters. The minimum absolute atomic E-state index is 0.119. The van der Waals surface area contributed by atoms with E-state index < -0.39 is 21.2 Å². The molecular formula is C26H36BNO4S. The topological polar surface area (TPSA) is 55.8 Å².